The van der Waals surface area contributed by atoms with Crippen molar-refractivity contribution >= 4 is 17.4 Å². The minimum absolute atomic E-state index is 0.0114. The van der Waals surface area contributed by atoms with Gasteiger partial charge in [0.05, 0.1) is 0 Å². The molecule has 18 heavy (non-hydrogen) atoms. The number of nitrogens with one attached hydrogen (secondary N) is 2. The van der Waals surface area contributed by atoms with Crippen LogP contribution in [0.2, 0.25) is 0 Å². The predicted octanol–water partition coefficient (Wildman–Crippen LogP) is 3.23. The summed E-state index contributed by atoms with van der Waals surface area (Å²) in [6.07, 6.45) is 5.67. The average molecular weight is 266 g/mol. The van der Waals surface area contributed by atoms with E-state index in [2.05, 4.69) is 36.6 Å². The summed E-state index contributed by atoms with van der Waals surface area (Å²) in [6.45, 7) is 4.17. The number of carbonyl (C=O) groups excluding carboxylic acids is 1. The fourth-order valence-corrected chi connectivity index (χ4v) is 3.49. The number of aryl methyl sites for hydroxylation is 1. The maximum absolute atomic E-state index is 11.8. The fourth-order valence-electron chi connectivity index (χ4n) is 2.47. The molecule has 1 atom stereocenters. The van der Waals surface area contributed by atoms with Crippen molar-refractivity contribution in [1.82, 2.24) is 10.6 Å². The van der Waals surface area contributed by atoms with Crippen molar-refractivity contribution in [2.45, 2.75) is 58.0 Å². The predicted molar refractivity (Wildman–Crippen MR) is 76.1 cm³/mol. The molecule has 0 saturated heterocycles. The highest BCUT2D eigenvalue weighted by molar-refractivity contribution is 7.11. The van der Waals surface area contributed by atoms with Crippen LogP contribution in [0.4, 0.5) is 4.79 Å². The summed E-state index contributed by atoms with van der Waals surface area (Å²) < 4.78 is 0. The molecular weight excluding hydrogens is 244 g/mol. The van der Waals surface area contributed by atoms with Gasteiger partial charge >= 0.3 is 6.03 Å². The second-order valence-corrected chi connectivity index (χ2v) is 6.59. The second-order valence-electron chi connectivity index (χ2n) is 5.22. The van der Waals surface area contributed by atoms with Gasteiger partial charge in [0.1, 0.15) is 0 Å². The molecule has 3 nitrogen and oxygen atoms in total. The van der Waals surface area contributed by atoms with Gasteiger partial charge in [-0.1, -0.05) is 12.8 Å². The molecule has 2 N–H and O–H groups in total. The first-order valence-electron chi connectivity index (χ1n) is 6.76. The molecule has 1 aliphatic carbocycles. The number of amides is 2. The van der Waals surface area contributed by atoms with Gasteiger partial charge in [-0.25, -0.2) is 4.79 Å². The maximum Gasteiger partial charge on any atom is 0.315 e. The molecule has 1 fully saturated rings. The smallest absolute Gasteiger partial charge is 0.315 e. The molecule has 2 rings (SSSR count). The van der Waals surface area contributed by atoms with Gasteiger partial charge in [-0.3, -0.25) is 0 Å². The van der Waals surface area contributed by atoms with Crippen molar-refractivity contribution < 1.29 is 4.79 Å². The first kappa shape index (κ1) is 13.4. The summed E-state index contributed by atoms with van der Waals surface area (Å²) in [6, 6.07) is 4.84. The molecule has 0 spiro atoms. The summed E-state index contributed by atoms with van der Waals surface area (Å²) >= 11 is 1.80. The Kier molecular flexibility index (Phi) is 4.64. The Morgan fingerprint density at radius 3 is 2.78 bits per heavy atom. The van der Waals surface area contributed by atoms with E-state index in [1.165, 1.54) is 22.6 Å². The highest BCUT2D eigenvalue weighted by Crippen LogP contribution is 2.18. The van der Waals surface area contributed by atoms with Crippen LogP contribution >= 0.6 is 11.3 Å². The highest BCUT2D eigenvalue weighted by atomic mass is 32.1. The molecule has 0 bridgehead atoms. The third-order valence-electron chi connectivity index (χ3n) is 3.37. The lowest BCUT2D eigenvalue weighted by Gasteiger charge is -2.17. The maximum atomic E-state index is 11.8. The lowest BCUT2D eigenvalue weighted by atomic mass is 10.2. The first-order chi connectivity index (χ1) is 8.63. The standard InChI is InChI=1S/C14H22N2OS/c1-10(9-13-8-7-11(2)18-13)15-14(17)16-12-5-3-4-6-12/h7-8,10,12H,3-6,9H2,1-2H3,(H2,15,16,17). The summed E-state index contributed by atoms with van der Waals surface area (Å²) in [4.78, 5) is 14.4. The third kappa shape index (κ3) is 4.02. The van der Waals surface area contributed by atoms with E-state index in [0.717, 1.165) is 19.3 Å². The van der Waals surface area contributed by atoms with Crippen molar-refractivity contribution in [2.24, 2.45) is 0 Å². The molecule has 4 heteroatoms. The minimum Gasteiger partial charge on any atom is -0.335 e. The van der Waals surface area contributed by atoms with Crippen LogP contribution in [0.15, 0.2) is 12.1 Å². The van der Waals surface area contributed by atoms with E-state index >= 15 is 0 Å². The summed E-state index contributed by atoms with van der Waals surface area (Å²) in [5.74, 6) is 0. The van der Waals surface area contributed by atoms with Crippen molar-refractivity contribution in [3.63, 3.8) is 0 Å². The first-order valence-corrected chi connectivity index (χ1v) is 7.57. The Balaban J connectivity index is 1.72. The van der Waals surface area contributed by atoms with Gasteiger partial charge in [0, 0.05) is 28.3 Å². The minimum atomic E-state index is -0.0114. The second kappa shape index (κ2) is 6.23. The van der Waals surface area contributed by atoms with E-state index in [4.69, 9.17) is 0 Å². The van der Waals surface area contributed by atoms with Crippen molar-refractivity contribution in [2.75, 3.05) is 0 Å². The number of rotatable bonds is 4. The van der Waals surface area contributed by atoms with E-state index in [1.807, 2.05) is 0 Å². The Labute approximate surface area is 113 Å². The number of carbonyl (C=O) groups is 1. The molecule has 1 heterocycles. The Morgan fingerprint density at radius 2 is 2.17 bits per heavy atom. The Morgan fingerprint density at radius 1 is 1.44 bits per heavy atom. The molecule has 0 radical (unpaired) electrons. The van der Waals surface area contributed by atoms with Crippen LogP contribution in [-0.2, 0) is 6.42 Å². The quantitative estimate of drug-likeness (QED) is 0.863. The number of hydrogen-bond donors (Lipinski definition) is 2. The zero-order chi connectivity index (χ0) is 13.0. The molecule has 1 aliphatic rings. The van der Waals surface area contributed by atoms with Gasteiger partial charge in [0.25, 0.3) is 0 Å². The monoisotopic (exact) mass is 266 g/mol. The van der Waals surface area contributed by atoms with Gasteiger partial charge < -0.3 is 10.6 Å². The lowest BCUT2D eigenvalue weighted by Crippen LogP contribution is -2.45. The summed E-state index contributed by atoms with van der Waals surface area (Å²) in [5.41, 5.74) is 0. The molecule has 1 aromatic rings. The molecule has 2 amide bonds. The Hall–Kier alpha value is -1.03. The largest absolute Gasteiger partial charge is 0.335 e. The van der Waals surface area contributed by atoms with Crippen LogP contribution in [0.5, 0.6) is 0 Å². The molecule has 1 unspecified atom stereocenters. The van der Waals surface area contributed by atoms with Gasteiger partial charge in [0.2, 0.25) is 0 Å². The fraction of sp³-hybridized carbons (Fsp3) is 0.643. The molecular formula is C14H22N2OS. The van der Waals surface area contributed by atoms with Gasteiger partial charge in [0.15, 0.2) is 0 Å². The molecule has 1 saturated carbocycles. The number of hydrogen-bond acceptors (Lipinski definition) is 2. The number of thiophene rings is 1. The SMILES string of the molecule is Cc1ccc(CC(C)NC(=O)NC2CCCC2)s1. The van der Waals surface area contributed by atoms with Crippen LogP contribution in [-0.4, -0.2) is 18.1 Å². The van der Waals surface area contributed by atoms with Crippen LogP contribution in [0, 0.1) is 6.92 Å². The average Bonchev–Trinajstić information content (AvgIpc) is 2.90. The highest BCUT2D eigenvalue weighted by Gasteiger charge is 2.17. The van der Waals surface area contributed by atoms with Crippen LogP contribution in [0.3, 0.4) is 0 Å². The van der Waals surface area contributed by atoms with Gasteiger partial charge in [-0.15, -0.1) is 11.3 Å². The lowest BCUT2D eigenvalue weighted by molar-refractivity contribution is 0.234. The molecule has 1 aromatic heterocycles. The van der Waals surface area contributed by atoms with E-state index in [1.54, 1.807) is 11.3 Å². The zero-order valence-electron chi connectivity index (χ0n) is 11.2. The van der Waals surface area contributed by atoms with Crippen molar-refractivity contribution in [1.29, 1.82) is 0 Å². The topological polar surface area (TPSA) is 41.1 Å². The van der Waals surface area contributed by atoms with E-state index in [0.29, 0.717) is 6.04 Å². The van der Waals surface area contributed by atoms with Gasteiger partial charge in [-0.2, -0.15) is 0 Å². The van der Waals surface area contributed by atoms with E-state index in [-0.39, 0.29) is 12.1 Å². The zero-order valence-corrected chi connectivity index (χ0v) is 12.0. The normalized spacial score (nSPS) is 17.7. The van der Waals surface area contributed by atoms with Crippen LogP contribution < -0.4 is 10.6 Å². The van der Waals surface area contributed by atoms with Crippen LogP contribution in [0.25, 0.3) is 0 Å². The third-order valence-corrected chi connectivity index (χ3v) is 4.39. The molecule has 0 aromatic carbocycles. The van der Waals surface area contributed by atoms with Gasteiger partial charge in [-0.05, 0) is 38.8 Å². The molecule has 0 aliphatic heterocycles. The van der Waals surface area contributed by atoms with Crippen molar-refractivity contribution in [3.05, 3.63) is 21.9 Å². The number of urea groups is 1. The Bertz CT molecular complexity index is 396. The van der Waals surface area contributed by atoms with Crippen LogP contribution in [0.1, 0.15) is 42.4 Å². The van der Waals surface area contributed by atoms with E-state index < -0.39 is 0 Å². The summed E-state index contributed by atoms with van der Waals surface area (Å²) in [5, 5.41) is 6.08. The summed E-state index contributed by atoms with van der Waals surface area (Å²) in [7, 11) is 0. The van der Waals surface area contributed by atoms with E-state index in [9.17, 15) is 4.79 Å². The molecule has 100 valence electrons. The van der Waals surface area contributed by atoms with Crippen molar-refractivity contribution in [3.8, 4) is 0 Å².